The van der Waals surface area contributed by atoms with Crippen LogP contribution in [0.5, 0.6) is 0 Å². The first-order valence-electron chi connectivity index (χ1n) is 23.5. The van der Waals surface area contributed by atoms with Gasteiger partial charge in [-0.05, 0) is 84.2 Å². The van der Waals surface area contributed by atoms with Crippen molar-refractivity contribution in [3.63, 3.8) is 0 Å². The predicted octanol–water partition coefficient (Wildman–Crippen LogP) is 3.04. The maximum Gasteiger partial charge on any atom is 0.434 e. The monoisotopic (exact) mass is 1010 g/mol. The van der Waals surface area contributed by atoms with Gasteiger partial charge in [0, 0.05) is 18.5 Å². The number of carbonyl (C=O) groups is 5. The first-order chi connectivity index (χ1) is 33.9. The second-order valence-corrected chi connectivity index (χ2v) is 19.5. The van der Waals surface area contributed by atoms with E-state index in [0.717, 1.165) is 12.0 Å². The van der Waals surface area contributed by atoms with Gasteiger partial charge in [0.25, 0.3) is 0 Å². The van der Waals surface area contributed by atoms with Crippen molar-refractivity contribution in [2.75, 3.05) is 0 Å². The SMILES string of the molecule is CC1(C)OC2C3CC(ON3C(=O)OCc3ccccc3)[C@H]2O1.CC1(C)OC2[C@H](N)C[C@H](O)[C@H]2O1.CC1(C)O[C@@H]2[C@H](O1)[C@@H](O)C[C@H]2N.O=C(O[C@@H](C(=O)O)[C@@H](OC(=O)c1ccccc1)C(=O)O)c1ccccc1. The number of esters is 2. The van der Waals surface area contributed by atoms with Gasteiger partial charge in [-0.3, -0.25) is 4.84 Å². The van der Waals surface area contributed by atoms with Gasteiger partial charge in [-0.25, -0.2) is 24.0 Å². The van der Waals surface area contributed by atoms with E-state index in [2.05, 4.69) is 0 Å². The number of aliphatic hydroxyl groups excluding tert-OH is 2. The Morgan fingerprint density at radius 2 is 0.944 bits per heavy atom. The van der Waals surface area contributed by atoms with Crippen molar-refractivity contribution in [1.29, 1.82) is 0 Å². The molecule has 3 aromatic rings. The van der Waals surface area contributed by atoms with E-state index in [-0.39, 0.29) is 78.6 Å². The number of ether oxygens (including phenoxy) is 9. The minimum Gasteiger partial charge on any atom is -0.478 e. The number of fused-ring (bicyclic) bond motifs is 7. The first-order valence-corrected chi connectivity index (χ1v) is 23.5. The molecule has 7 aliphatic rings. The zero-order valence-corrected chi connectivity index (χ0v) is 40.6. The molecule has 3 aromatic carbocycles. The van der Waals surface area contributed by atoms with E-state index in [1.54, 1.807) is 12.1 Å². The van der Waals surface area contributed by atoms with Gasteiger partial charge in [0.15, 0.2) is 17.4 Å². The van der Waals surface area contributed by atoms with Gasteiger partial charge in [-0.15, -0.1) is 0 Å². The van der Waals surface area contributed by atoms with Crippen molar-refractivity contribution in [2.45, 2.75) is 170 Å². The van der Waals surface area contributed by atoms with Crippen molar-refractivity contribution < 1.29 is 91.9 Å². The van der Waals surface area contributed by atoms with E-state index in [9.17, 15) is 44.4 Å². The van der Waals surface area contributed by atoms with Crippen LogP contribution in [0.4, 0.5) is 4.79 Å². The topological polar surface area (TPSA) is 314 Å². The fourth-order valence-electron chi connectivity index (χ4n) is 9.41. The number of hydroxylamine groups is 2. The average Bonchev–Trinajstić information content (AvgIpc) is 4.20. The minimum atomic E-state index is -2.21. The van der Waals surface area contributed by atoms with Crippen LogP contribution in [0.1, 0.15) is 87.1 Å². The summed E-state index contributed by atoms with van der Waals surface area (Å²) in [5, 5.41) is 38.8. The standard InChI is InChI=1S/C18H14O8.C16H19NO5.2C8H15NO3/c19-15(20)13(25-17(23)11-7-3-1-4-8-11)14(16(21)22)26-18(24)12-9-5-2-6-10-12;1-16(2)20-13-11-8-12(14(13)21-16)22-17(11)15(18)19-9-10-6-4-3-5-7-10;2*1-8(2)11-6-4(9)3-5(10)7(6)12-8/h1-10,13-14H,(H,19,20)(H,21,22);3-7,11-14H,8-9H2,1-2H3;2*4-7,10H,3,9H2,1-2H3/t13-,14-;11?,12?,13?,14-;4-,5+,6?,7-;4-,5+,6+,7-/m1111/s1. The Kier molecular flexibility index (Phi) is 16.7. The molecule has 14 atom stereocenters. The van der Waals surface area contributed by atoms with Crippen LogP contribution in [0.15, 0.2) is 91.0 Å². The summed E-state index contributed by atoms with van der Waals surface area (Å²) in [5.41, 5.74) is 12.5. The molecule has 22 nitrogen and oxygen atoms in total. The Bertz CT molecular complexity index is 2210. The number of carboxylic acids is 2. The van der Waals surface area contributed by atoms with Gasteiger partial charge in [0.2, 0.25) is 12.2 Å². The van der Waals surface area contributed by atoms with Crippen molar-refractivity contribution >= 4 is 30.0 Å². The van der Waals surface area contributed by atoms with Gasteiger partial charge < -0.3 is 74.5 Å². The number of carbonyl (C=O) groups excluding carboxylic acids is 3. The molecule has 3 aliphatic carbocycles. The molecular formula is C50H63N3O19. The molecule has 1 amide bonds. The lowest BCUT2D eigenvalue weighted by molar-refractivity contribution is -0.202. The van der Waals surface area contributed by atoms with Gasteiger partial charge in [0.1, 0.15) is 49.3 Å². The zero-order chi connectivity index (χ0) is 52.3. The minimum absolute atomic E-state index is 0.0253. The van der Waals surface area contributed by atoms with E-state index in [0.29, 0.717) is 12.8 Å². The van der Waals surface area contributed by atoms with Crippen molar-refractivity contribution in [1.82, 2.24) is 5.06 Å². The Hall–Kier alpha value is -5.63. The number of hydrogen-bond donors (Lipinski definition) is 6. The zero-order valence-electron chi connectivity index (χ0n) is 40.6. The third-order valence-corrected chi connectivity index (χ3v) is 12.5. The summed E-state index contributed by atoms with van der Waals surface area (Å²) in [4.78, 5) is 64.8. The van der Waals surface area contributed by atoms with E-state index in [1.165, 1.54) is 53.6 Å². The second-order valence-electron chi connectivity index (χ2n) is 19.5. The highest BCUT2D eigenvalue weighted by Gasteiger charge is 2.63. The summed E-state index contributed by atoms with van der Waals surface area (Å²) in [5.74, 6) is -7.44. The fourth-order valence-corrected chi connectivity index (χ4v) is 9.41. The fraction of sp³-hybridized carbons (Fsp3) is 0.540. The summed E-state index contributed by atoms with van der Waals surface area (Å²) in [6.07, 6.45) is -5.04. The van der Waals surface area contributed by atoms with Crippen LogP contribution in [0, 0.1) is 0 Å². The lowest BCUT2D eigenvalue weighted by Crippen LogP contribution is -2.49. The molecule has 8 N–H and O–H groups in total. The summed E-state index contributed by atoms with van der Waals surface area (Å²) < 4.78 is 48.7. The molecule has 0 radical (unpaired) electrons. The normalized spacial score (nSPS) is 32.1. The van der Waals surface area contributed by atoms with Crippen molar-refractivity contribution in [3.05, 3.63) is 108 Å². The van der Waals surface area contributed by atoms with Crippen LogP contribution in [-0.4, -0.2) is 158 Å². The number of hydrogen-bond acceptors (Lipinski definition) is 19. The molecule has 7 fully saturated rings. The molecule has 4 unspecified atom stereocenters. The van der Waals surface area contributed by atoms with E-state index in [4.69, 9.17) is 58.9 Å². The van der Waals surface area contributed by atoms with Crippen molar-refractivity contribution in [3.8, 4) is 0 Å². The van der Waals surface area contributed by atoms with Gasteiger partial charge >= 0.3 is 30.0 Å². The molecule has 22 heteroatoms. The van der Waals surface area contributed by atoms with Crippen LogP contribution < -0.4 is 11.5 Å². The number of nitrogens with zero attached hydrogens (tertiary/aromatic N) is 1. The van der Waals surface area contributed by atoms with Crippen LogP contribution in [0.2, 0.25) is 0 Å². The lowest BCUT2D eigenvalue weighted by atomic mass is 10.1. The molecule has 0 aromatic heterocycles. The van der Waals surface area contributed by atoms with E-state index in [1.807, 2.05) is 71.9 Å². The Labute approximate surface area is 415 Å². The van der Waals surface area contributed by atoms with Crippen LogP contribution in [0.3, 0.4) is 0 Å². The van der Waals surface area contributed by atoms with E-state index < -0.39 is 71.7 Å². The highest BCUT2D eigenvalue weighted by Crippen LogP contribution is 2.46. The molecule has 4 heterocycles. The quantitative estimate of drug-likeness (QED) is 0.133. The molecule has 10 rings (SSSR count). The second kappa shape index (κ2) is 22.2. The molecule has 392 valence electrons. The predicted molar refractivity (Wildman–Crippen MR) is 247 cm³/mol. The van der Waals surface area contributed by atoms with Crippen LogP contribution in [0.25, 0.3) is 0 Å². The molecule has 72 heavy (non-hydrogen) atoms. The molecule has 4 aliphatic heterocycles. The van der Waals surface area contributed by atoms with Gasteiger partial charge in [-0.1, -0.05) is 66.7 Å². The maximum absolute atomic E-state index is 12.2. The molecule has 4 saturated heterocycles. The van der Waals surface area contributed by atoms with Gasteiger partial charge in [0.05, 0.1) is 29.4 Å². The highest BCUT2D eigenvalue weighted by molar-refractivity contribution is 5.95. The Balaban J connectivity index is 0.000000148. The third kappa shape index (κ3) is 12.9. The number of benzene rings is 3. The van der Waals surface area contributed by atoms with Crippen molar-refractivity contribution in [2.24, 2.45) is 11.5 Å². The number of aliphatic hydroxyl groups is 2. The number of carboxylic acid groups (broad SMARTS) is 2. The maximum atomic E-state index is 12.2. The van der Waals surface area contributed by atoms with Gasteiger partial charge in [-0.2, -0.15) is 5.06 Å². The molecular weight excluding hydrogens is 947 g/mol. The number of aliphatic carboxylic acids is 2. The molecule has 2 bridgehead atoms. The Morgan fingerprint density at radius 1 is 0.569 bits per heavy atom. The Morgan fingerprint density at radius 3 is 1.35 bits per heavy atom. The smallest absolute Gasteiger partial charge is 0.434 e. The first kappa shape index (κ1) is 54.2. The lowest BCUT2D eigenvalue weighted by Gasteiger charge is -2.30. The summed E-state index contributed by atoms with van der Waals surface area (Å²) in [6.45, 7) is 11.3. The van der Waals surface area contributed by atoms with Crippen LogP contribution in [-0.2, 0) is 63.7 Å². The summed E-state index contributed by atoms with van der Waals surface area (Å²) >= 11 is 0. The number of amides is 1. The van der Waals surface area contributed by atoms with Crippen LogP contribution >= 0.6 is 0 Å². The highest BCUT2D eigenvalue weighted by atomic mass is 16.8. The summed E-state index contributed by atoms with van der Waals surface area (Å²) in [7, 11) is 0. The number of nitrogens with two attached hydrogens (primary N) is 2. The largest absolute Gasteiger partial charge is 0.478 e. The van der Waals surface area contributed by atoms with E-state index >= 15 is 0 Å². The average molecular weight is 1010 g/mol. The molecule has 0 spiro atoms. The third-order valence-electron chi connectivity index (χ3n) is 12.5. The molecule has 3 saturated carbocycles. The summed E-state index contributed by atoms with van der Waals surface area (Å²) in [6, 6.07) is 24.1. The number of rotatable bonds is 9.